The minimum atomic E-state index is 0.0185. The fraction of sp³-hybridized carbons (Fsp3) is 0.583. The van der Waals surface area contributed by atoms with Gasteiger partial charge < -0.3 is 9.30 Å². The lowest BCUT2D eigenvalue weighted by Gasteiger charge is -2.36. The molecule has 1 fully saturated rings. The van der Waals surface area contributed by atoms with E-state index >= 15 is 0 Å². The minimum absolute atomic E-state index is 0.0185. The van der Waals surface area contributed by atoms with Crippen molar-refractivity contribution >= 4 is 47.8 Å². The molecule has 6 heteroatoms. The molecule has 1 aromatic rings. The molecule has 1 aromatic heterocycles. The molecule has 18 heavy (non-hydrogen) atoms. The Balaban J connectivity index is 2.29. The summed E-state index contributed by atoms with van der Waals surface area (Å²) in [5.74, 6) is 0. The number of halogens is 3. The summed E-state index contributed by atoms with van der Waals surface area (Å²) in [4.78, 5) is 12.1. The average molecular weight is 444 g/mol. The Morgan fingerprint density at radius 2 is 2.00 bits per heavy atom. The number of nitrogens with zero attached hydrogens (tertiary/aromatic N) is 1. The van der Waals surface area contributed by atoms with Crippen LogP contribution in [0.4, 0.5) is 0 Å². The Labute approximate surface area is 131 Å². The molecule has 0 saturated carbocycles. The highest BCUT2D eigenvalue weighted by atomic mass is 79.9. The molecule has 0 aromatic carbocycles. The van der Waals surface area contributed by atoms with Gasteiger partial charge in [0.05, 0.1) is 4.47 Å². The maximum atomic E-state index is 12.1. The number of hydrogen-bond acceptors (Lipinski definition) is 2. The summed E-state index contributed by atoms with van der Waals surface area (Å²) < 4.78 is 8.69. The number of ether oxygens (including phenoxy) is 1. The van der Waals surface area contributed by atoms with Crippen LogP contribution in [0.1, 0.15) is 12.8 Å². The van der Waals surface area contributed by atoms with Crippen LogP contribution in [0.25, 0.3) is 0 Å². The topological polar surface area (TPSA) is 31.2 Å². The number of hydrogen-bond donors (Lipinski definition) is 0. The smallest absolute Gasteiger partial charge is 0.264 e. The van der Waals surface area contributed by atoms with Crippen molar-refractivity contribution in [2.45, 2.75) is 19.4 Å². The first-order chi connectivity index (χ1) is 8.56. The predicted octanol–water partition coefficient (Wildman–Crippen LogP) is 3.57. The fourth-order valence-electron chi connectivity index (χ4n) is 2.18. The standard InChI is InChI=1S/C12H14Br3NO2/c13-7-12(1-3-18-4-2-12)8-16-6-9(14)5-10(15)11(16)17/h5-6H,1-4,7-8H2. The lowest BCUT2D eigenvalue weighted by atomic mass is 9.82. The minimum Gasteiger partial charge on any atom is -0.381 e. The van der Waals surface area contributed by atoms with E-state index in [0.29, 0.717) is 4.47 Å². The summed E-state index contributed by atoms with van der Waals surface area (Å²) in [7, 11) is 0. The molecule has 2 rings (SSSR count). The second kappa shape index (κ2) is 6.20. The van der Waals surface area contributed by atoms with Gasteiger partial charge in [0.15, 0.2) is 0 Å². The van der Waals surface area contributed by atoms with Crippen LogP contribution in [0, 0.1) is 5.41 Å². The third-order valence-corrected chi connectivity index (χ3v) is 5.54. The Hall–Kier alpha value is 0.350. The van der Waals surface area contributed by atoms with Crippen LogP contribution in [-0.2, 0) is 11.3 Å². The van der Waals surface area contributed by atoms with Gasteiger partial charge in [0.1, 0.15) is 0 Å². The molecule has 0 N–H and O–H groups in total. The van der Waals surface area contributed by atoms with Crippen molar-refractivity contribution in [1.82, 2.24) is 4.57 Å². The number of rotatable bonds is 3. The highest BCUT2D eigenvalue weighted by molar-refractivity contribution is 9.11. The van der Waals surface area contributed by atoms with Crippen molar-refractivity contribution in [2.24, 2.45) is 5.41 Å². The third-order valence-electron chi connectivity index (χ3n) is 3.35. The number of pyridine rings is 1. The molecule has 100 valence electrons. The van der Waals surface area contributed by atoms with Crippen LogP contribution in [0.15, 0.2) is 26.0 Å². The maximum Gasteiger partial charge on any atom is 0.264 e. The zero-order valence-electron chi connectivity index (χ0n) is 9.79. The van der Waals surface area contributed by atoms with Gasteiger partial charge in [-0.25, -0.2) is 0 Å². The van der Waals surface area contributed by atoms with Gasteiger partial charge in [-0.3, -0.25) is 4.79 Å². The second-order valence-corrected chi connectivity index (χ2v) is 7.02. The average Bonchev–Trinajstić information content (AvgIpc) is 2.36. The van der Waals surface area contributed by atoms with Gasteiger partial charge in [-0.1, -0.05) is 15.9 Å². The van der Waals surface area contributed by atoms with Crippen LogP contribution < -0.4 is 5.56 Å². The summed E-state index contributed by atoms with van der Waals surface area (Å²) in [6.07, 6.45) is 3.82. The SMILES string of the molecule is O=c1c(Br)cc(Br)cn1CC1(CBr)CCOCC1. The van der Waals surface area contributed by atoms with Gasteiger partial charge in [0.25, 0.3) is 5.56 Å². The van der Waals surface area contributed by atoms with E-state index in [1.54, 1.807) is 10.6 Å². The van der Waals surface area contributed by atoms with Crippen molar-refractivity contribution < 1.29 is 4.74 Å². The Morgan fingerprint density at radius 3 is 2.61 bits per heavy atom. The van der Waals surface area contributed by atoms with Crippen molar-refractivity contribution in [3.05, 3.63) is 31.6 Å². The third kappa shape index (κ3) is 3.26. The quantitative estimate of drug-likeness (QED) is 0.669. The molecule has 1 aliphatic heterocycles. The Kier molecular flexibility index (Phi) is 5.08. The van der Waals surface area contributed by atoms with E-state index in [0.717, 1.165) is 42.4 Å². The zero-order valence-corrected chi connectivity index (χ0v) is 14.6. The predicted molar refractivity (Wildman–Crippen MR) is 82.4 cm³/mol. The molecule has 0 radical (unpaired) electrons. The van der Waals surface area contributed by atoms with Crippen molar-refractivity contribution in [3.63, 3.8) is 0 Å². The first-order valence-electron chi connectivity index (χ1n) is 5.75. The van der Waals surface area contributed by atoms with E-state index in [1.807, 2.05) is 6.20 Å². The maximum absolute atomic E-state index is 12.1. The Bertz CT molecular complexity index is 481. The monoisotopic (exact) mass is 441 g/mol. The summed E-state index contributed by atoms with van der Waals surface area (Å²) in [5.41, 5.74) is 0.132. The van der Waals surface area contributed by atoms with Crippen molar-refractivity contribution in [3.8, 4) is 0 Å². The number of alkyl halides is 1. The molecule has 1 aliphatic rings. The van der Waals surface area contributed by atoms with Gasteiger partial charge in [0.2, 0.25) is 0 Å². The molecule has 0 aliphatic carbocycles. The molecule has 1 saturated heterocycles. The van der Waals surface area contributed by atoms with E-state index in [2.05, 4.69) is 47.8 Å². The van der Waals surface area contributed by atoms with E-state index < -0.39 is 0 Å². The lowest BCUT2D eigenvalue weighted by molar-refractivity contribution is 0.0181. The highest BCUT2D eigenvalue weighted by Crippen LogP contribution is 2.34. The Morgan fingerprint density at radius 1 is 1.33 bits per heavy atom. The summed E-state index contributed by atoms with van der Waals surface area (Å²) >= 11 is 10.3. The van der Waals surface area contributed by atoms with E-state index in [1.165, 1.54) is 0 Å². The molecule has 0 spiro atoms. The molecular formula is C12H14Br3NO2. The van der Waals surface area contributed by atoms with E-state index in [9.17, 15) is 4.79 Å². The fourth-order valence-corrected chi connectivity index (χ4v) is 4.18. The largest absolute Gasteiger partial charge is 0.381 e. The molecule has 0 unspecified atom stereocenters. The van der Waals surface area contributed by atoms with E-state index in [-0.39, 0.29) is 11.0 Å². The molecule has 0 amide bonds. The molecule has 0 atom stereocenters. The molecular weight excluding hydrogens is 430 g/mol. The lowest BCUT2D eigenvalue weighted by Crippen LogP contribution is -2.38. The molecule has 0 bridgehead atoms. The normalized spacial score (nSPS) is 18.8. The first kappa shape index (κ1) is 14.8. The van der Waals surface area contributed by atoms with Crippen LogP contribution in [0.2, 0.25) is 0 Å². The summed E-state index contributed by atoms with van der Waals surface area (Å²) in [6.45, 7) is 2.27. The summed E-state index contributed by atoms with van der Waals surface area (Å²) in [6, 6.07) is 1.78. The second-order valence-electron chi connectivity index (χ2n) is 4.69. The molecule has 3 nitrogen and oxygen atoms in total. The summed E-state index contributed by atoms with van der Waals surface area (Å²) in [5, 5.41) is 0.889. The van der Waals surface area contributed by atoms with Crippen LogP contribution >= 0.6 is 47.8 Å². The van der Waals surface area contributed by atoms with E-state index in [4.69, 9.17) is 4.74 Å². The van der Waals surface area contributed by atoms with Gasteiger partial charge >= 0.3 is 0 Å². The molecule has 2 heterocycles. The zero-order chi connectivity index (χ0) is 13.2. The highest BCUT2D eigenvalue weighted by Gasteiger charge is 2.32. The number of aromatic nitrogens is 1. The van der Waals surface area contributed by atoms with Gasteiger partial charge in [-0.05, 0) is 50.8 Å². The van der Waals surface area contributed by atoms with Gasteiger partial charge in [0, 0.05) is 41.2 Å². The van der Waals surface area contributed by atoms with Crippen LogP contribution in [0.3, 0.4) is 0 Å². The van der Waals surface area contributed by atoms with Gasteiger partial charge in [-0.15, -0.1) is 0 Å². The van der Waals surface area contributed by atoms with Crippen molar-refractivity contribution in [2.75, 3.05) is 18.5 Å². The first-order valence-corrected chi connectivity index (χ1v) is 8.46. The van der Waals surface area contributed by atoms with Gasteiger partial charge in [-0.2, -0.15) is 0 Å². The van der Waals surface area contributed by atoms with Crippen LogP contribution in [0.5, 0.6) is 0 Å². The van der Waals surface area contributed by atoms with Crippen LogP contribution in [-0.4, -0.2) is 23.1 Å². The van der Waals surface area contributed by atoms with Crippen molar-refractivity contribution in [1.29, 1.82) is 0 Å².